The highest BCUT2D eigenvalue weighted by atomic mass is 32.1. The van der Waals surface area contributed by atoms with Gasteiger partial charge in [-0.05, 0) is 24.5 Å². The van der Waals surface area contributed by atoms with Gasteiger partial charge in [0.1, 0.15) is 17.0 Å². The fourth-order valence-corrected chi connectivity index (χ4v) is 4.25. The Morgan fingerprint density at radius 2 is 2.00 bits per heavy atom. The summed E-state index contributed by atoms with van der Waals surface area (Å²) in [6, 6.07) is 12.8. The van der Waals surface area contributed by atoms with E-state index >= 15 is 0 Å². The van der Waals surface area contributed by atoms with Crippen molar-refractivity contribution in [2.45, 2.75) is 18.9 Å². The molecule has 6 nitrogen and oxygen atoms in total. The summed E-state index contributed by atoms with van der Waals surface area (Å²) in [5.74, 6) is 0.866. The topological polar surface area (TPSA) is 67.3 Å². The molecule has 4 rings (SSSR count). The first-order valence-electron chi connectivity index (χ1n) is 8.64. The summed E-state index contributed by atoms with van der Waals surface area (Å²) in [7, 11) is 1.42. The predicted octanol–water partition coefficient (Wildman–Crippen LogP) is 4.00. The van der Waals surface area contributed by atoms with Crippen molar-refractivity contribution in [2.75, 3.05) is 25.5 Å². The van der Waals surface area contributed by atoms with Crippen LogP contribution in [0, 0.1) is 0 Å². The summed E-state index contributed by atoms with van der Waals surface area (Å²) in [5.41, 5.74) is 1.19. The van der Waals surface area contributed by atoms with E-state index < -0.39 is 0 Å². The normalized spacial score (nSPS) is 15.2. The van der Waals surface area contributed by atoms with E-state index in [4.69, 9.17) is 4.74 Å². The molecule has 0 atom stereocenters. The van der Waals surface area contributed by atoms with Crippen LogP contribution in [0.25, 0.3) is 20.7 Å². The van der Waals surface area contributed by atoms with Crippen molar-refractivity contribution in [3.8, 4) is 10.4 Å². The summed E-state index contributed by atoms with van der Waals surface area (Å²) in [6.07, 6.45) is 3.10. The predicted molar refractivity (Wildman–Crippen MR) is 103 cm³/mol. The van der Waals surface area contributed by atoms with Crippen LogP contribution in [0.3, 0.4) is 0 Å². The second kappa shape index (κ2) is 7.29. The second-order valence-electron chi connectivity index (χ2n) is 6.29. The standard InChI is InChI=1S/C19H20N4O2S/c1-25-19(24)23-9-7-14(8-10-23)22-17-15-11-16(13-5-3-2-4-6-13)26-18(15)21-12-20-17/h2-6,11-12,14H,7-10H2,1H3,(H,20,21,22). The van der Waals surface area contributed by atoms with Crippen molar-refractivity contribution >= 4 is 33.5 Å². The highest BCUT2D eigenvalue weighted by molar-refractivity contribution is 7.21. The van der Waals surface area contributed by atoms with Gasteiger partial charge in [0.05, 0.1) is 12.5 Å². The number of fused-ring (bicyclic) bond motifs is 1. The van der Waals surface area contributed by atoms with E-state index in [-0.39, 0.29) is 12.1 Å². The molecule has 134 valence electrons. The number of likely N-dealkylation sites (tertiary alicyclic amines) is 1. The van der Waals surface area contributed by atoms with Gasteiger partial charge in [0.25, 0.3) is 0 Å². The monoisotopic (exact) mass is 368 g/mol. The fraction of sp³-hybridized carbons (Fsp3) is 0.316. The van der Waals surface area contributed by atoms with Crippen LogP contribution in [0.5, 0.6) is 0 Å². The lowest BCUT2D eigenvalue weighted by molar-refractivity contribution is 0.113. The molecular weight excluding hydrogens is 348 g/mol. The number of hydrogen-bond acceptors (Lipinski definition) is 6. The summed E-state index contributed by atoms with van der Waals surface area (Å²) < 4.78 is 4.79. The Morgan fingerprint density at radius 3 is 2.73 bits per heavy atom. The number of piperidine rings is 1. The molecule has 0 unspecified atom stereocenters. The molecule has 1 saturated heterocycles. The number of ether oxygens (including phenoxy) is 1. The molecule has 1 fully saturated rings. The van der Waals surface area contributed by atoms with Gasteiger partial charge in [-0.15, -0.1) is 11.3 Å². The van der Waals surface area contributed by atoms with Crippen molar-refractivity contribution < 1.29 is 9.53 Å². The summed E-state index contributed by atoms with van der Waals surface area (Å²) in [5, 5.41) is 4.59. The average molecular weight is 368 g/mol. The zero-order valence-corrected chi connectivity index (χ0v) is 15.3. The van der Waals surface area contributed by atoms with Gasteiger partial charge in [0, 0.05) is 24.0 Å². The van der Waals surface area contributed by atoms with E-state index in [1.165, 1.54) is 17.6 Å². The van der Waals surface area contributed by atoms with Crippen molar-refractivity contribution in [1.82, 2.24) is 14.9 Å². The maximum absolute atomic E-state index is 11.6. The molecule has 3 heterocycles. The first-order chi connectivity index (χ1) is 12.7. The minimum atomic E-state index is -0.252. The Kier molecular flexibility index (Phi) is 4.71. The number of thiophene rings is 1. The van der Waals surface area contributed by atoms with E-state index in [0.29, 0.717) is 13.1 Å². The molecule has 1 aliphatic heterocycles. The number of nitrogens with one attached hydrogen (secondary N) is 1. The molecule has 2 aromatic heterocycles. The SMILES string of the molecule is COC(=O)N1CCC(Nc2ncnc3sc(-c4ccccc4)cc23)CC1. The summed E-state index contributed by atoms with van der Waals surface area (Å²) >= 11 is 1.67. The third kappa shape index (κ3) is 3.35. The average Bonchev–Trinajstić information content (AvgIpc) is 3.14. The fourth-order valence-electron chi connectivity index (χ4n) is 3.24. The Hall–Kier alpha value is -2.67. The largest absolute Gasteiger partial charge is 0.453 e. The number of methoxy groups -OCH3 is 1. The number of carbonyl (C=O) groups is 1. The second-order valence-corrected chi connectivity index (χ2v) is 7.32. The van der Waals surface area contributed by atoms with Gasteiger partial charge in [-0.25, -0.2) is 14.8 Å². The molecule has 7 heteroatoms. The minimum absolute atomic E-state index is 0.252. The highest BCUT2D eigenvalue weighted by Crippen LogP contribution is 2.35. The molecule has 0 saturated carbocycles. The quantitative estimate of drug-likeness (QED) is 0.757. The zero-order chi connectivity index (χ0) is 17.9. The lowest BCUT2D eigenvalue weighted by Crippen LogP contribution is -2.42. The highest BCUT2D eigenvalue weighted by Gasteiger charge is 2.24. The maximum Gasteiger partial charge on any atom is 0.409 e. The van der Waals surface area contributed by atoms with Crippen LogP contribution < -0.4 is 5.32 Å². The number of nitrogens with zero attached hydrogens (tertiary/aromatic N) is 3. The van der Waals surface area contributed by atoms with Crippen LogP contribution in [0.1, 0.15) is 12.8 Å². The van der Waals surface area contributed by atoms with Crippen molar-refractivity contribution in [2.24, 2.45) is 0 Å². The van der Waals surface area contributed by atoms with E-state index in [0.717, 1.165) is 28.9 Å². The number of rotatable bonds is 3. The van der Waals surface area contributed by atoms with E-state index in [9.17, 15) is 4.79 Å². The molecule has 1 N–H and O–H groups in total. The minimum Gasteiger partial charge on any atom is -0.453 e. The Bertz CT molecular complexity index is 904. The van der Waals surface area contributed by atoms with Crippen molar-refractivity contribution in [3.05, 3.63) is 42.7 Å². The lowest BCUT2D eigenvalue weighted by Gasteiger charge is -2.31. The summed E-state index contributed by atoms with van der Waals surface area (Å²) in [4.78, 5) is 24.4. The molecule has 3 aromatic rings. The van der Waals surface area contributed by atoms with Crippen LogP contribution in [0.2, 0.25) is 0 Å². The molecule has 1 aromatic carbocycles. The molecule has 26 heavy (non-hydrogen) atoms. The third-order valence-corrected chi connectivity index (χ3v) is 5.75. The Morgan fingerprint density at radius 1 is 1.23 bits per heavy atom. The molecular formula is C19H20N4O2S. The lowest BCUT2D eigenvalue weighted by atomic mass is 10.1. The number of carbonyl (C=O) groups excluding carboxylic acids is 1. The third-order valence-electron chi connectivity index (χ3n) is 4.66. The van der Waals surface area contributed by atoms with Gasteiger partial charge in [-0.2, -0.15) is 0 Å². The molecule has 0 radical (unpaired) electrons. The summed E-state index contributed by atoms with van der Waals surface area (Å²) in [6.45, 7) is 1.38. The van der Waals surface area contributed by atoms with Crippen molar-refractivity contribution in [3.63, 3.8) is 0 Å². The van der Waals surface area contributed by atoms with Crippen LogP contribution in [-0.4, -0.2) is 47.2 Å². The van der Waals surface area contributed by atoms with Gasteiger partial charge in [-0.3, -0.25) is 0 Å². The smallest absolute Gasteiger partial charge is 0.409 e. The van der Waals surface area contributed by atoms with Crippen molar-refractivity contribution in [1.29, 1.82) is 0 Å². The molecule has 1 amide bonds. The zero-order valence-electron chi connectivity index (χ0n) is 14.5. The maximum atomic E-state index is 11.6. The van der Waals surface area contributed by atoms with Gasteiger partial charge >= 0.3 is 6.09 Å². The number of amides is 1. The van der Waals surface area contributed by atoms with Gasteiger partial charge < -0.3 is 15.0 Å². The molecule has 0 spiro atoms. The Labute approximate surface area is 155 Å². The number of benzene rings is 1. The number of anilines is 1. The van der Waals surface area contributed by atoms with Gasteiger partial charge in [0.2, 0.25) is 0 Å². The molecule has 0 aliphatic carbocycles. The van der Waals surface area contributed by atoms with Crippen LogP contribution in [-0.2, 0) is 4.74 Å². The number of hydrogen-bond donors (Lipinski definition) is 1. The van der Waals surface area contributed by atoms with E-state index in [2.05, 4.69) is 33.5 Å². The van der Waals surface area contributed by atoms with Crippen LogP contribution >= 0.6 is 11.3 Å². The van der Waals surface area contributed by atoms with Gasteiger partial charge in [0.15, 0.2) is 0 Å². The molecule has 1 aliphatic rings. The van der Waals surface area contributed by atoms with E-state index in [1.54, 1.807) is 22.6 Å². The van der Waals surface area contributed by atoms with Crippen LogP contribution in [0.15, 0.2) is 42.7 Å². The van der Waals surface area contributed by atoms with E-state index in [1.807, 2.05) is 18.2 Å². The number of aromatic nitrogens is 2. The first kappa shape index (κ1) is 16.8. The Balaban J connectivity index is 1.52. The first-order valence-corrected chi connectivity index (χ1v) is 9.45. The van der Waals surface area contributed by atoms with Gasteiger partial charge in [-0.1, -0.05) is 30.3 Å². The van der Waals surface area contributed by atoms with Crippen LogP contribution in [0.4, 0.5) is 10.6 Å². The molecule has 0 bridgehead atoms.